The van der Waals surface area contributed by atoms with Gasteiger partial charge in [0.25, 0.3) is 5.91 Å². The number of piperidine rings is 1. The predicted octanol–water partition coefficient (Wildman–Crippen LogP) is 1.87. The summed E-state index contributed by atoms with van der Waals surface area (Å²) in [6.07, 6.45) is 2.87. The van der Waals surface area contributed by atoms with Crippen molar-refractivity contribution in [1.82, 2.24) is 9.21 Å². The smallest absolute Gasteiger partial charge is 0.253 e. The van der Waals surface area contributed by atoms with Crippen LogP contribution in [0.3, 0.4) is 0 Å². The van der Waals surface area contributed by atoms with Crippen LogP contribution in [0.25, 0.3) is 0 Å². The Bertz CT molecular complexity index is 632. The number of nitrogens with zero attached hydrogens (tertiary/aromatic N) is 2. The summed E-state index contributed by atoms with van der Waals surface area (Å²) in [6.45, 7) is 2.94. The molecule has 1 aromatic carbocycles. The zero-order chi connectivity index (χ0) is 15.6. The van der Waals surface area contributed by atoms with Crippen LogP contribution in [0, 0.1) is 6.92 Å². The van der Waals surface area contributed by atoms with E-state index in [9.17, 15) is 13.2 Å². The minimum Gasteiger partial charge on any atom is -0.345 e. The largest absolute Gasteiger partial charge is 0.345 e. The molecule has 0 radical (unpaired) electrons. The Hall–Kier alpha value is -1.40. The van der Waals surface area contributed by atoms with E-state index in [1.807, 2.05) is 6.92 Å². The maximum absolute atomic E-state index is 12.6. The lowest BCUT2D eigenvalue weighted by Crippen LogP contribution is -2.35. The molecule has 0 atom stereocenters. The van der Waals surface area contributed by atoms with Crippen molar-refractivity contribution < 1.29 is 13.2 Å². The van der Waals surface area contributed by atoms with Crippen LogP contribution in [0.5, 0.6) is 0 Å². The topological polar surface area (TPSA) is 57.7 Å². The van der Waals surface area contributed by atoms with Crippen molar-refractivity contribution in [3.63, 3.8) is 0 Å². The molecule has 0 bridgehead atoms. The van der Waals surface area contributed by atoms with Gasteiger partial charge in [-0.2, -0.15) is 4.31 Å². The molecule has 21 heavy (non-hydrogen) atoms. The zero-order valence-corrected chi connectivity index (χ0v) is 13.6. The van der Waals surface area contributed by atoms with E-state index >= 15 is 0 Å². The monoisotopic (exact) mass is 310 g/mol. The Balaban J connectivity index is 2.40. The lowest BCUT2D eigenvalue weighted by molar-refractivity contribution is 0.0826. The first-order chi connectivity index (χ1) is 9.84. The van der Waals surface area contributed by atoms with Crippen molar-refractivity contribution in [1.29, 1.82) is 0 Å². The lowest BCUT2D eigenvalue weighted by atomic mass is 10.1. The minimum atomic E-state index is -3.50. The van der Waals surface area contributed by atoms with Crippen molar-refractivity contribution in [2.24, 2.45) is 0 Å². The van der Waals surface area contributed by atoms with Gasteiger partial charge in [-0.15, -0.1) is 0 Å². The molecule has 1 amide bonds. The number of hydrogen-bond donors (Lipinski definition) is 0. The number of sulfonamides is 1. The maximum atomic E-state index is 12.6. The SMILES string of the molecule is Cc1ccc(S(=O)(=O)N2CCCCC2)cc1C(=O)N(C)C. The summed E-state index contributed by atoms with van der Waals surface area (Å²) < 4.78 is 26.8. The highest BCUT2D eigenvalue weighted by atomic mass is 32.2. The van der Waals surface area contributed by atoms with E-state index < -0.39 is 10.0 Å². The molecule has 6 heteroatoms. The van der Waals surface area contributed by atoms with Gasteiger partial charge in [-0.3, -0.25) is 4.79 Å². The Morgan fingerprint density at radius 1 is 1.14 bits per heavy atom. The van der Waals surface area contributed by atoms with Crippen molar-refractivity contribution >= 4 is 15.9 Å². The molecule has 116 valence electrons. The summed E-state index contributed by atoms with van der Waals surface area (Å²) in [5.74, 6) is -0.178. The number of carbonyl (C=O) groups is 1. The molecule has 1 heterocycles. The summed E-state index contributed by atoms with van der Waals surface area (Å²) >= 11 is 0. The molecule has 1 aliphatic heterocycles. The van der Waals surface area contributed by atoms with Gasteiger partial charge in [0.2, 0.25) is 10.0 Å². The minimum absolute atomic E-state index is 0.178. The number of hydrogen-bond acceptors (Lipinski definition) is 3. The van der Waals surface area contributed by atoms with Gasteiger partial charge in [-0.05, 0) is 37.5 Å². The quantitative estimate of drug-likeness (QED) is 0.856. The molecule has 0 saturated carbocycles. The van der Waals surface area contributed by atoms with Gasteiger partial charge in [0.1, 0.15) is 0 Å². The van der Waals surface area contributed by atoms with Gasteiger partial charge < -0.3 is 4.90 Å². The number of benzene rings is 1. The molecule has 0 N–H and O–H groups in total. The number of amides is 1. The summed E-state index contributed by atoms with van der Waals surface area (Å²) in [6, 6.07) is 4.79. The Morgan fingerprint density at radius 2 is 1.76 bits per heavy atom. The van der Waals surface area contributed by atoms with E-state index in [1.165, 1.54) is 15.3 Å². The molecular weight excluding hydrogens is 288 g/mol. The Labute approximate surface area is 126 Å². The fourth-order valence-corrected chi connectivity index (χ4v) is 4.03. The zero-order valence-electron chi connectivity index (χ0n) is 12.8. The maximum Gasteiger partial charge on any atom is 0.253 e. The van der Waals surface area contributed by atoms with Gasteiger partial charge >= 0.3 is 0 Å². The van der Waals surface area contributed by atoms with E-state index in [0.717, 1.165) is 24.8 Å². The molecule has 0 unspecified atom stereocenters. The average molecular weight is 310 g/mol. The van der Waals surface area contributed by atoms with E-state index in [2.05, 4.69) is 0 Å². The fraction of sp³-hybridized carbons (Fsp3) is 0.533. The third-order valence-electron chi connectivity index (χ3n) is 3.80. The summed E-state index contributed by atoms with van der Waals surface area (Å²) in [5, 5.41) is 0. The number of rotatable bonds is 3. The van der Waals surface area contributed by atoms with Crippen molar-refractivity contribution in [2.75, 3.05) is 27.2 Å². The highest BCUT2D eigenvalue weighted by Crippen LogP contribution is 2.23. The second kappa shape index (κ2) is 6.15. The van der Waals surface area contributed by atoms with Crippen molar-refractivity contribution in [3.8, 4) is 0 Å². The van der Waals surface area contributed by atoms with E-state index in [0.29, 0.717) is 18.7 Å². The molecule has 1 fully saturated rings. The van der Waals surface area contributed by atoms with Crippen LogP contribution in [0.4, 0.5) is 0 Å². The van der Waals surface area contributed by atoms with E-state index in [1.54, 1.807) is 26.2 Å². The highest BCUT2D eigenvalue weighted by molar-refractivity contribution is 7.89. The van der Waals surface area contributed by atoms with Gasteiger partial charge in [0.05, 0.1) is 4.90 Å². The van der Waals surface area contributed by atoms with Gasteiger partial charge in [0, 0.05) is 32.7 Å². The van der Waals surface area contributed by atoms with Crippen LogP contribution in [-0.4, -0.2) is 50.7 Å². The molecule has 2 rings (SSSR count). The first kappa shape index (κ1) is 16.0. The molecular formula is C15H22N2O3S. The van der Waals surface area contributed by atoms with Crippen LogP contribution >= 0.6 is 0 Å². The normalized spacial score (nSPS) is 16.7. The number of carbonyl (C=O) groups excluding carboxylic acids is 1. The highest BCUT2D eigenvalue weighted by Gasteiger charge is 2.27. The Morgan fingerprint density at radius 3 is 2.33 bits per heavy atom. The van der Waals surface area contributed by atoms with Crippen LogP contribution in [-0.2, 0) is 10.0 Å². The first-order valence-corrected chi connectivity index (χ1v) is 8.60. The van der Waals surface area contributed by atoms with E-state index in [-0.39, 0.29) is 10.8 Å². The molecule has 1 aromatic rings. The standard InChI is InChI=1S/C15H22N2O3S/c1-12-7-8-13(11-14(12)15(18)16(2)3)21(19,20)17-9-5-4-6-10-17/h7-8,11H,4-6,9-10H2,1-3H3. The molecule has 5 nitrogen and oxygen atoms in total. The fourth-order valence-electron chi connectivity index (χ4n) is 2.49. The molecule has 1 saturated heterocycles. The van der Waals surface area contributed by atoms with Crippen LogP contribution in [0.1, 0.15) is 35.2 Å². The predicted molar refractivity (Wildman–Crippen MR) is 81.8 cm³/mol. The van der Waals surface area contributed by atoms with Crippen molar-refractivity contribution in [3.05, 3.63) is 29.3 Å². The second-order valence-corrected chi connectivity index (χ2v) is 7.58. The van der Waals surface area contributed by atoms with Crippen LogP contribution in [0.15, 0.2) is 23.1 Å². The summed E-state index contributed by atoms with van der Waals surface area (Å²) in [4.78, 5) is 13.8. The summed E-state index contributed by atoms with van der Waals surface area (Å²) in [5.41, 5.74) is 1.23. The van der Waals surface area contributed by atoms with Crippen LogP contribution < -0.4 is 0 Å². The third kappa shape index (κ3) is 3.27. The molecule has 0 aromatic heterocycles. The molecule has 0 aliphatic carbocycles. The number of aryl methyl sites for hydroxylation is 1. The van der Waals surface area contributed by atoms with Gasteiger partial charge in [-0.25, -0.2) is 8.42 Å². The molecule has 0 spiro atoms. The first-order valence-electron chi connectivity index (χ1n) is 7.16. The van der Waals surface area contributed by atoms with Crippen molar-refractivity contribution in [2.45, 2.75) is 31.1 Å². The van der Waals surface area contributed by atoms with Gasteiger partial charge in [0.15, 0.2) is 0 Å². The van der Waals surface area contributed by atoms with E-state index in [4.69, 9.17) is 0 Å². The molecule has 1 aliphatic rings. The summed E-state index contributed by atoms with van der Waals surface area (Å²) in [7, 11) is -0.177. The third-order valence-corrected chi connectivity index (χ3v) is 5.69. The Kier molecular flexibility index (Phi) is 4.68. The van der Waals surface area contributed by atoms with Gasteiger partial charge in [-0.1, -0.05) is 12.5 Å². The second-order valence-electron chi connectivity index (χ2n) is 5.64. The average Bonchev–Trinajstić information content (AvgIpc) is 2.47. The van der Waals surface area contributed by atoms with Crippen LogP contribution in [0.2, 0.25) is 0 Å². The lowest BCUT2D eigenvalue weighted by Gasteiger charge is -2.26.